The molecule has 214 valence electrons. The number of imidazole rings is 1. The number of rotatable bonds is 6. The maximum atomic E-state index is 6.33. The summed E-state index contributed by atoms with van der Waals surface area (Å²) in [5.74, 6) is 1.76. The zero-order valence-corrected chi connectivity index (χ0v) is 24.1. The molecule has 2 N–H and O–H groups in total. The average Bonchev–Trinajstić information content (AvgIpc) is 3.25. The third-order valence-corrected chi connectivity index (χ3v) is 7.84. The molecule has 0 spiro atoms. The molecule has 6 aromatic rings. The minimum atomic E-state index is 0.220. The van der Waals surface area contributed by atoms with Crippen molar-refractivity contribution >= 4 is 34.5 Å². The Morgan fingerprint density at radius 1 is 0.767 bits per heavy atom. The molecule has 0 radical (unpaired) electrons. The predicted octanol–water partition coefficient (Wildman–Crippen LogP) is 5.28. The molecular weight excluding hydrogens is 560 g/mol. The van der Waals surface area contributed by atoms with E-state index in [1.807, 2.05) is 42.5 Å². The molecule has 0 unspecified atom stereocenters. The highest BCUT2D eigenvalue weighted by Gasteiger charge is 2.20. The molecular formula is C32H29ClN10. The van der Waals surface area contributed by atoms with E-state index in [4.69, 9.17) is 27.3 Å². The quantitative estimate of drug-likeness (QED) is 0.277. The second-order valence-corrected chi connectivity index (χ2v) is 10.8. The van der Waals surface area contributed by atoms with E-state index in [0.29, 0.717) is 17.6 Å². The Morgan fingerprint density at radius 3 is 2.44 bits per heavy atom. The lowest BCUT2D eigenvalue weighted by Crippen LogP contribution is -2.31. The Morgan fingerprint density at radius 2 is 1.63 bits per heavy atom. The first kappa shape index (κ1) is 26.9. The molecule has 0 amide bonds. The second-order valence-electron chi connectivity index (χ2n) is 10.4. The fourth-order valence-electron chi connectivity index (χ4n) is 5.52. The van der Waals surface area contributed by atoms with E-state index in [9.17, 15) is 0 Å². The SMILES string of the molecule is Nc1ncccc1-c1nc2ccc(-c3ccccc3)nc2n1-c1ccc(CN2CCCN(c3ncnc(Cl)n3)CC2)cc1. The summed E-state index contributed by atoms with van der Waals surface area (Å²) in [6.07, 6.45) is 4.16. The summed E-state index contributed by atoms with van der Waals surface area (Å²) in [7, 11) is 0. The van der Waals surface area contributed by atoms with E-state index in [1.165, 1.54) is 11.9 Å². The Labute approximate surface area is 253 Å². The van der Waals surface area contributed by atoms with Crippen molar-refractivity contribution in [1.29, 1.82) is 0 Å². The molecule has 2 aromatic carbocycles. The molecule has 10 nitrogen and oxygen atoms in total. The topological polar surface area (TPSA) is 115 Å². The van der Waals surface area contributed by atoms with Crippen LogP contribution in [0.4, 0.5) is 11.8 Å². The molecule has 5 heterocycles. The summed E-state index contributed by atoms with van der Waals surface area (Å²) < 4.78 is 2.07. The minimum absolute atomic E-state index is 0.220. The molecule has 1 saturated heterocycles. The van der Waals surface area contributed by atoms with Gasteiger partial charge in [0.05, 0.1) is 11.3 Å². The van der Waals surface area contributed by atoms with Gasteiger partial charge in [-0.3, -0.25) is 9.47 Å². The van der Waals surface area contributed by atoms with Crippen molar-refractivity contribution in [2.75, 3.05) is 36.8 Å². The van der Waals surface area contributed by atoms with Gasteiger partial charge in [0.25, 0.3) is 0 Å². The zero-order chi connectivity index (χ0) is 29.2. The predicted molar refractivity (Wildman–Crippen MR) is 169 cm³/mol. The Balaban J connectivity index is 1.18. The highest BCUT2D eigenvalue weighted by molar-refractivity contribution is 6.28. The van der Waals surface area contributed by atoms with Gasteiger partial charge < -0.3 is 10.6 Å². The maximum absolute atomic E-state index is 6.33. The van der Waals surface area contributed by atoms with Gasteiger partial charge in [0.2, 0.25) is 11.2 Å². The zero-order valence-electron chi connectivity index (χ0n) is 23.4. The van der Waals surface area contributed by atoms with Crippen molar-refractivity contribution in [2.24, 2.45) is 0 Å². The summed E-state index contributed by atoms with van der Waals surface area (Å²) in [5, 5.41) is 0.220. The van der Waals surface area contributed by atoms with Crippen LogP contribution in [0.25, 0.3) is 39.5 Å². The molecule has 1 fully saturated rings. The standard InChI is InChI=1S/C32H29ClN10/c33-31-36-21-37-32(40-31)42-17-5-16-41(18-19-42)20-22-9-11-24(12-10-22)43-29(25-8-4-15-35-28(25)34)39-27-14-13-26(38-30(27)43)23-6-2-1-3-7-23/h1-4,6-15,21H,5,16-20H2,(H2,34,35). The highest BCUT2D eigenvalue weighted by Crippen LogP contribution is 2.32. The number of nitrogen functional groups attached to an aromatic ring is 1. The van der Waals surface area contributed by atoms with Crippen LogP contribution in [0.2, 0.25) is 5.28 Å². The van der Waals surface area contributed by atoms with Gasteiger partial charge in [-0.05, 0) is 60.0 Å². The smallest absolute Gasteiger partial charge is 0.229 e. The van der Waals surface area contributed by atoms with Gasteiger partial charge >= 0.3 is 0 Å². The molecule has 7 rings (SSSR count). The van der Waals surface area contributed by atoms with E-state index in [-0.39, 0.29) is 5.28 Å². The van der Waals surface area contributed by atoms with E-state index in [0.717, 1.165) is 72.8 Å². The molecule has 0 saturated carbocycles. The van der Waals surface area contributed by atoms with Gasteiger partial charge in [-0.2, -0.15) is 4.98 Å². The number of halogens is 1. The van der Waals surface area contributed by atoms with Crippen molar-refractivity contribution in [3.8, 4) is 28.3 Å². The van der Waals surface area contributed by atoms with Crippen molar-refractivity contribution in [2.45, 2.75) is 13.0 Å². The number of hydrogen-bond acceptors (Lipinski definition) is 9. The molecule has 0 atom stereocenters. The first-order valence-corrected chi connectivity index (χ1v) is 14.6. The van der Waals surface area contributed by atoms with Crippen LogP contribution in [-0.2, 0) is 6.54 Å². The Bertz CT molecular complexity index is 1870. The fraction of sp³-hybridized carbons (Fsp3) is 0.188. The van der Waals surface area contributed by atoms with Gasteiger partial charge in [-0.1, -0.05) is 42.5 Å². The first-order valence-electron chi connectivity index (χ1n) is 14.2. The van der Waals surface area contributed by atoms with E-state index in [1.54, 1.807) is 6.20 Å². The van der Waals surface area contributed by atoms with Crippen LogP contribution in [0.5, 0.6) is 0 Å². The van der Waals surface area contributed by atoms with Crippen molar-refractivity contribution in [3.05, 3.63) is 102 Å². The maximum Gasteiger partial charge on any atom is 0.229 e. The largest absolute Gasteiger partial charge is 0.383 e. The molecule has 0 bridgehead atoms. The normalized spacial score (nSPS) is 14.2. The van der Waals surface area contributed by atoms with Crippen molar-refractivity contribution in [1.82, 2.24) is 39.4 Å². The molecule has 1 aliphatic heterocycles. The number of nitrogens with zero attached hydrogens (tertiary/aromatic N) is 9. The van der Waals surface area contributed by atoms with Crippen LogP contribution in [0, 0.1) is 0 Å². The number of aromatic nitrogens is 7. The van der Waals surface area contributed by atoms with E-state index >= 15 is 0 Å². The first-order chi connectivity index (χ1) is 21.1. The number of fused-ring (bicyclic) bond motifs is 1. The van der Waals surface area contributed by atoms with Crippen LogP contribution in [0.1, 0.15) is 12.0 Å². The highest BCUT2D eigenvalue weighted by atomic mass is 35.5. The summed E-state index contributed by atoms with van der Waals surface area (Å²) in [4.78, 5) is 31.5. The fourth-order valence-corrected chi connectivity index (χ4v) is 5.64. The summed E-state index contributed by atoms with van der Waals surface area (Å²) in [6.45, 7) is 4.43. The number of pyridine rings is 2. The minimum Gasteiger partial charge on any atom is -0.383 e. The van der Waals surface area contributed by atoms with E-state index in [2.05, 4.69) is 70.7 Å². The van der Waals surface area contributed by atoms with Crippen molar-refractivity contribution in [3.63, 3.8) is 0 Å². The monoisotopic (exact) mass is 588 g/mol. The third-order valence-electron chi connectivity index (χ3n) is 7.66. The lowest BCUT2D eigenvalue weighted by atomic mass is 10.1. The van der Waals surface area contributed by atoms with Crippen molar-refractivity contribution < 1.29 is 0 Å². The van der Waals surface area contributed by atoms with Crippen LogP contribution in [0.3, 0.4) is 0 Å². The Kier molecular flexibility index (Phi) is 7.36. The molecule has 43 heavy (non-hydrogen) atoms. The van der Waals surface area contributed by atoms with Gasteiger partial charge in [-0.15, -0.1) is 0 Å². The second kappa shape index (κ2) is 11.7. The number of nitrogens with two attached hydrogens (primary N) is 1. The summed E-state index contributed by atoms with van der Waals surface area (Å²) in [5.41, 5.74) is 12.7. The third kappa shape index (κ3) is 5.62. The van der Waals surface area contributed by atoms with Crippen LogP contribution in [0.15, 0.2) is 91.4 Å². The van der Waals surface area contributed by atoms with Gasteiger partial charge in [-0.25, -0.2) is 24.9 Å². The number of anilines is 2. The molecule has 11 heteroatoms. The van der Waals surface area contributed by atoms with Gasteiger partial charge in [0.15, 0.2) is 11.5 Å². The summed E-state index contributed by atoms with van der Waals surface area (Å²) in [6, 6.07) is 26.6. The van der Waals surface area contributed by atoms with Gasteiger partial charge in [0.1, 0.15) is 17.7 Å². The van der Waals surface area contributed by atoms with E-state index < -0.39 is 0 Å². The Hall–Kier alpha value is -4.93. The van der Waals surface area contributed by atoms with Crippen LogP contribution in [-0.4, -0.2) is 65.5 Å². The van der Waals surface area contributed by atoms with Crippen LogP contribution >= 0.6 is 11.6 Å². The molecule has 0 aliphatic carbocycles. The molecule has 1 aliphatic rings. The summed E-state index contributed by atoms with van der Waals surface area (Å²) >= 11 is 5.99. The lowest BCUT2D eigenvalue weighted by Gasteiger charge is -2.22. The number of benzene rings is 2. The number of hydrogen-bond donors (Lipinski definition) is 1. The van der Waals surface area contributed by atoms with Gasteiger partial charge in [0, 0.05) is 50.2 Å². The lowest BCUT2D eigenvalue weighted by molar-refractivity contribution is 0.285. The average molecular weight is 589 g/mol. The molecule has 4 aromatic heterocycles. The van der Waals surface area contributed by atoms with Crippen LogP contribution < -0.4 is 10.6 Å².